The normalized spacial score (nSPS) is 33.1. The van der Waals surface area contributed by atoms with Crippen LogP contribution in [0.4, 0.5) is 0 Å². The Kier molecular flexibility index (Phi) is 3.35. The Labute approximate surface area is 153 Å². The van der Waals surface area contributed by atoms with Crippen LogP contribution in [0.15, 0.2) is 24.3 Å². The molecule has 138 valence electrons. The molecule has 1 aromatic heterocycles. The van der Waals surface area contributed by atoms with Gasteiger partial charge in [-0.15, -0.1) is 0 Å². The third-order valence-corrected chi connectivity index (χ3v) is 7.18. The summed E-state index contributed by atoms with van der Waals surface area (Å²) < 4.78 is 7.01. The van der Waals surface area contributed by atoms with Crippen LogP contribution in [0, 0.1) is 5.41 Å². The van der Waals surface area contributed by atoms with E-state index in [2.05, 4.69) is 17.9 Å². The summed E-state index contributed by atoms with van der Waals surface area (Å²) in [6.07, 6.45) is 4.52. The van der Waals surface area contributed by atoms with Gasteiger partial charge in [-0.2, -0.15) is 0 Å². The number of methoxy groups -OCH3 is 1. The van der Waals surface area contributed by atoms with Crippen molar-refractivity contribution in [1.82, 2.24) is 9.47 Å². The highest BCUT2D eigenvalue weighted by atomic mass is 16.5. The summed E-state index contributed by atoms with van der Waals surface area (Å²) in [5, 5.41) is 12.9. The minimum Gasteiger partial charge on any atom is -0.465 e. The predicted octanol–water partition coefficient (Wildman–Crippen LogP) is 2.95. The van der Waals surface area contributed by atoms with Gasteiger partial charge in [0.15, 0.2) is 0 Å². The lowest BCUT2D eigenvalue weighted by atomic mass is 9.62. The number of para-hydroxylation sites is 1. The Morgan fingerprint density at radius 1 is 1.35 bits per heavy atom. The van der Waals surface area contributed by atoms with Crippen molar-refractivity contribution in [3.63, 3.8) is 0 Å². The maximum absolute atomic E-state index is 12.8. The molecule has 0 amide bonds. The highest BCUT2D eigenvalue weighted by Crippen LogP contribution is 2.60. The zero-order valence-corrected chi connectivity index (χ0v) is 15.5. The first kappa shape index (κ1) is 16.3. The zero-order chi connectivity index (χ0) is 18.1. The van der Waals surface area contributed by atoms with E-state index < -0.39 is 11.7 Å². The molecule has 5 rings (SSSR count). The SMILES string of the molecule is CC[C@]12CCCN3CCc4c(n(c5ccccc45)[C@](O)(C(=O)OC)C1)C32. The van der Waals surface area contributed by atoms with Gasteiger partial charge in [0.25, 0.3) is 0 Å². The minimum atomic E-state index is -1.63. The second-order valence-corrected chi connectivity index (χ2v) is 8.21. The van der Waals surface area contributed by atoms with Crippen LogP contribution in [-0.4, -0.2) is 40.7 Å². The van der Waals surface area contributed by atoms with Gasteiger partial charge < -0.3 is 14.4 Å². The van der Waals surface area contributed by atoms with Crippen molar-refractivity contribution in [2.45, 2.75) is 50.8 Å². The molecule has 0 aliphatic carbocycles. The quantitative estimate of drug-likeness (QED) is 0.843. The summed E-state index contributed by atoms with van der Waals surface area (Å²) >= 11 is 0. The number of benzene rings is 1. The van der Waals surface area contributed by atoms with E-state index in [9.17, 15) is 9.90 Å². The molecule has 1 unspecified atom stereocenters. The fraction of sp³-hybridized carbons (Fsp3) is 0.571. The van der Waals surface area contributed by atoms with E-state index in [1.165, 1.54) is 18.1 Å². The first-order chi connectivity index (χ1) is 12.6. The molecule has 5 nitrogen and oxygen atoms in total. The van der Waals surface area contributed by atoms with Crippen LogP contribution in [-0.2, 0) is 21.7 Å². The fourth-order valence-electron chi connectivity index (χ4n) is 6.10. The number of carbonyl (C=O) groups is 1. The van der Waals surface area contributed by atoms with Gasteiger partial charge in [0.1, 0.15) is 0 Å². The van der Waals surface area contributed by atoms with Crippen molar-refractivity contribution in [2.75, 3.05) is 20.2 Å². The second-order valence-electron chi connectivity index (χ2n) is 8.21. The summed E-state index contributed by atoms with van der Waals surface area (Å²) in [6.45, 7) is 4.36. The predicted molar refractivity (Wildman–Crippen MR) is 98.7 cm³/mol. The number of esters is 1. The molecule has 5 heteroatoms. The molecule has 0 spiro atoms. The summed E-state index contributed by atoms with van der Waals surface area (Å²) in [6, 6.07) is 8.45. The lowest BCUT2D eigenvalue weighted by Crippen LogP contribution is -2.60. The van der Waals surface area contributed by atoms with Crippen molar-refractivity contribution < 1.29 is 14.6 Å². The third kappa shape index (κ3) is 1.80. The number of ether oxygens (including phenoxy) is 1. The largest absolute Gasteiger partial charge is 0.465 e. The number of rotatable bonds is 2. The lowest BCUT2D eigenvalue weighted by molar-refractivity contribution is -0.194. The Morgan fingerprint density at radius 2 is 2.15 bits per heavy atom. The molecule has 3 aliphatic rings. The number of piperidine rings is 1. The number of hydrogen-bond donors (Lipinski definition) is 1. The van der Waals surface area contributed by atoms with Gasteiger partial charge in [-0.25, -0.2) is 4.79 Å². The Bertz CT molecular complexity index is 904. The van der Waals surface area contributed by atoms with Crippen LogP contribution in [0.25, 0.3) is 10.9 Å². The highest BCUT2D eigenvalue weighted by Gasteiger charge is 2.60. The monoisotopic (exact) mass is 354 g/mol. The topological polar surface area (TPSA) is 54.7 Å². The van der Waals surface area contributed by atoms with Crippen LogP contribution >= 0.6 is 0 Å². The molecule has 0 radical (unpaired) electrons. The van der Waals surface area contributed by atoms with E-state index in [1.54, 1.807) is 0 Å². The molecule has 1 aromatic carbocycles. The molecular formula is C21H26N2O3. The maximum atomic E-state index is 12.8. The van der Waals surface area contributed by atoms with Crippen LogP contribution in [0.1, 0.15) is 49.9 Å². The van der Waals surface area contributed by atoms with Crippen molar-refractivity contribution in [3.05, 3.63) is 35.5 Å². The van der Waals surface area contributed by atoms with Crippen molar-refractivity contribution >= 4 is 16.9 Å². The lowest BCUT2D eigenvalue weighted by Gasteiger charge is -2.57. The molecule has 3 atom stereocenters. The summed E-state index contributed by atoms with van der Waals surface area (Å²) in [4.78, 5) is 15.4. The van der Waals surface area contributed by atoms with E-state index >= 15 is 0 Å². The first-order valence-electron chi connectivity index (χ1n) is 9.73. The van der Waals surface area contributed by atoms with E-state index in [0.717, 1.165) is 50.0 Å². The van der Waals surface area contributed by atoms with Gasteiger partial charge in [-0.1, -0.05) is 25.1 Å². The van der Waals surface area contributed by atoms with Crippen LogP contribution in [0.5, 0.6) is 0 Å². The molecule has 0 bridgehead atoms. The van der Waals surface area contributed by atoms with E-state index in [-0.39, 0.29) is 11.5 Å². The molecule has 1 fully saturated rings. The number of aromatic nitrogens is 1. The number of fused-ring (bicyclic) bond motifs is 3. The summed E-state index contributed by atoms with van der Waals surface area (Å²) in [5.41, 5.74) is 1.69. The molecule has 1 saturated heterocycles. The Hall–Kier alpha value is -1.85. The van der Waals surface area contributed by atoms with Crippen molar-refractivity contribution in [1.29, 1.82) is 0 Å². The molecule has 2 aromatic rings. The van der Waals surface area contributed by atoms with Crippen molar-refractivity contribution in [3.8, 4) is 0 Å². The number of hydrogen-bond acceptors (Lipinski definition) is 4. The molecule has 0 saturated carbocycles. The van der Waals surface area contributed by atoms with Gasteiger partial charge in [-0.3, -0.25) is 4.90 Å². The molecular weight excluding hydrogens is 328 g/mol. The zero-order valence-electron chi connectivity index (χ0n) is 15.5. The van der Waals surface area contributed by atoms with Gasteiger partial charge in [0.2, 0.25) is 5.72 Å². The number of aliphatic hydroxyl groups is 1. The summed E-state index contributed by atoms with van der Waals surface area (Å²) in [5.74, 6) is -0.546. The molecule has 3 aliphatic heterocycles. The van der Waals surface area contributed by atoms with Crippen molar-refractivity contribution in [2.24, 2.45) is 5.41 Å². The average Bonchev–Trinajstić information content (AvgIpc) is 3.02. The standard InChI is InChI=1S/C21H26N2O3/c1-3-20-10-6-11-22-12-9-15-14-7-4-5-8-16(14)23(17(15)18(20)22)21(25,13-20)19(24)26-2/h4-5,7-8,18,25H,3,6,9-13H2,1-2H3/t18?,20-,21+/m0/s1. The van der Waals surface area contributed by atoms with Gasteiger partial charge >= 0.3 is 5.97 Å². The average molecular weight is 354 g/mol. The smallest absolute Gasteiger partial charge is 0.359 e. The van der Waals surface area contributed by atoms with Crippen LogP contribution in [0.3, 0.4) is 0 Å². The second kappa shape index (κ2) is 5.33. The summed E-state index contributed by atoms with van der Waals surface area (Å²) in [7, 11) is 1.37. The van der Waals surface area contributed by atoms with Gasteiger partial charge in [0.05, 0.1) is 18.7 Å². The molecule has 4 heterocycles. The molecule has 26 heavy (non-hydrogen) atoms. The van der Waals surface area contributed by atoms with Crippen LogP contribution in [0.2, 0.25) is 0 Å². The van der Waals surface area contributed by atoms with E-state index in [0.29, 0.717) is 6.42 Å². The maximum Gasteiger partial charge on any atom is 0.359 e. The number of carbonyl (C=O) groups excluding carboxylic acids is 1. The minimum absolute atomic E-state index is 0.0826. The first-order valence-corrected chi connectivity index (χ1v) is 9.73. The third-order valence-electron chi connectivity index (χ3n) is 7.18. The fourth-order valence-corrected chi connectivity index (χ4v) is 6.10. The Balaban J connectivity index is 1.89. The highest BCUT2D eigenvalue weighted by molar-refractivity contribution is 5.90. The van der Waals surface area contributed by atoms with E-state index in [1.807, 2.05) is 22.8 Å². The van der Waals surface area contributed by atoms with Crippen LogP contribution < -0.4 is 0 Å². The molecule has 1 N–H and O–H groups in total. The Morgan fingerprint density at radius 3 is 2.92 bits per heavy atom. The van der Waals surface area contributed by atoms with Gasteiger partial charge in [0, 0.05) is 24.0 Å². The van der Waals surface area contributed by atoms with Gasteiger partial charge in [-0.05, 0) is 49.3 Å². The number of nitrogens with zero attached hydrogens (tertiary/aromatic N) is 2. The van der Waals surface area contributed by atoms with E-state index in [4.69, 9.17) is 4.74 Å².